The van der Waals surface area contributed by atoms with Crippen molar-refractivity contribution in [2.45, 2.75) is 118 Å². The number of imidazole rings is 1. The van der Waals surface area contributed by atoms with E-state index in [-0.39, 0.29) is 54.1 Å². The van der Waals surface area contributed by atoms with Crippen molar-refractivity contribution in [1.82, 2.24) is 19.5 Å². The first-order valence-corrected chi connectivity index (χ1v) is 32.4. The van der Waals surface area contributed by atoms with Crippen LogP contribution >= 0.6 is 0 Å². The molecule has 10 heteroatoms. The van der Waals surface area contributed by atoms with E-state index in [9.17, 15) is 5.26 Å². The molecule has 12 rings (SSSR count). The van der Waals surface area contributed by atoms with Crippen LogP contribution in [-0.2, 0) is 25.5 Å². The molecule has 1 radical (unpaired) electrons. The Morgan fingerprint density at radius 3 is 2.11 bits per heavy atom. The quantitative estimate of drug-likeness (QED) is 0.122. The van der Waals surface area contributed by atoms with Gasteiger partial charge in [0, 0.05) is 67.5 Å². The second-order valence-electron chi connectivity index (χ2n) is 23.2. The van der Waals surface area contributed by atoms with Crippen LogP contribution in [0.1, 0.15) is 102 Å². The predicted molar refractivity (Wildman–Crippen MR) is 317 cm³/mol. The Hall–Kier alpha value is -6.74. The van der Waals surface area contributed by atoms with E-state index in [4.69, 9.17) is 22.0 Å². The van der Waals surface area contributed by atoms with E-state index in [1.54, 1.807) is 40.7 Å². The molecule has 0 unspecified atom stereocenters. The zero-order chi connectivity index (χ0) is 57.9. The standard InChI is InChI=1S/C52H50N3O2Si2.C14H15N2.Ir/c1-29(2)38-23-35(34-16-19-46-47(25-34)59(9,10)21-20-58(46,7)8)24-39(30(3)4)50(38)55-49-32(6)12-11-13-42(49)54-52(55)37-17-14-31(5)48-41-27-44-40(26-45(41)57-51(37)48)36-18-15-33(28-53)22-43(36)56-44;1-14(2,3)12-9-10-15-13(16-12)11-7-5-4-6-8-11;/h11-16,18-19,22-27,29-30H,20-21H2,1-10H3;4-7,9-10H,1-3H3;/q2*-1;/i5D3,6D3;;. The summed E-state index contributed by atoms with van der Waals surface area (Å²) >= 11 is 0. The zero-order valence-electron chi connectivity index (χ0n) is 51.0. The van der Waals surface area contributed by atoms with Crippen molar-refractivity contribution >= 4 is 81.4 Å². The van der Waals surface area contributed by atoms with Crippen molar-refractivity contribution in [1.29, 1.82) is 5.26 Å². The number of furan rings is 2. The fourth-order valence-corrected chi connectivity index (χ4v) is 21.3. The molecule has 5 heterocycles. The summed E-state index contributed by atoms with van der Waals surface area (Å²) in [6, 6.07) is 48.3. The molecule has 1 aliphatic rings. The number of nitriles is 1. The Bertz CT molecular complexity index is 4320. The molecule has 385 valence electrons. The van der Waals surface area contributed by atoms with E-state index in [2.05, 4.69) is 133 Å². The number of aromatic nitrogens is 4. The molecule has 0 N–H and O–H groups in total. The summed E-state index contributed by atoms with van der Waals surface area (Å²) in [5.74, 6) is 1.14. The molecule has 0 saturated carbocycles. The van der Waals surface area contributed by atoms with Gasteiger partial charge in [-0.2, -0.15) is 5.26 Å². The molecule has 0 saturated heterocycles. The Kier molecular flexibility index (Phi) is 11.8. The number of nitrogens with zero attached hydrogens (tertiary/aromatic N) is 5. The fraction of sp³-hybridized carbons (Fsp3) is 0.273. The molecule has 0 spiro atoms. The summed E-state index contributed by atoms with van der Waals surface area (Å²) in [6.45, 7) is 20.1. The minimum Gasteiger partial charge on any atom is -0.501 e. The van der Waals surface area contributed by atoms with Gasteiger partial charge in [0.2, 0.25) is 0 Å². The summed E-state index contributed by atoms with van der Waals surface area (Å²) in [6.07, 6.45) is 1.81. The maximum absolute atomic E-state index is 9.55. The minimum absolute atomic E-state index is 0. The number of para-hydroxylation sites is 1. The van der Waals surface area contributed by atoms with Crippen molar-refractivity contribution in [3.05, 3.63) is 167 Å². The fourth-order valence-electron chi connectivity index (χ4n) is 11.0. The topological polar surface area (TPSA) is 93.7 Å². The van der Waals surface area contributed by atoms with E-state index in [0.29, 0.717) is 55.5 Å². The van der Waals surface area contributed by atoms with Gasteiger partial charge in [0.05, 0.1) is 56.0 Å². The van der Waals surface area contributed by atoms with Crippen LogP contribution in [0.2, 0.25) is 38.3 Å². The van der Waals surface area contributed by atoms with Gasteiger partial charge in [0.1, 0.15) is 16.7 Å². The molecular weight excluding hydrogens is 1140 g/mol. The maximum Gasteiger partial charge on any atom is 0.136 e. The molecule has 7 aromatic carbocycles. The Labute approximate surface area is 471 Å². The first-order valence-electron chi connectivity index (χ1n) is 29.0. The monoisotopic (exact) mass is 1210 g/mol. The van der Waals surface area contributed by atoms with Crippen molar-refractivity contribution < 1.29 is 37.2 Å². The van der Waals surface area contributed by atoms with Crippen molar-refractivity contribution in [3.8, 4) is 45.7 Å². The van der Waals surface area contributed by atoms with Gasteiger partial charge in [-0.3, -0.25) is 15.0 Å². The minimum atomic E-state index is -2.54. The number of rotatable bonds is 6. The predicted octanol–water partition coefficient (Wildman–Crippen LogP) is 16.8. The average molecular weight is 1210 g/mol. The van der Waals surface area contributed by atoms with Crippen LogP contribution in [0.3, 0.4) is 0 Å². The third-order valence-electron chi connectivity index (χ3n) is 15.4. The maximum atomic E-state index is 9.55. The molecule has 4 aromatic heterocycles. The van der Waals surface area contributed by atoms with Gasteiger partial charge in [-0.05, 0) is 101 Å². The first-order chi connectivity index (χ1) is 38.1. The number of benzene rings is 7. The van der Waals surface area contributed by atoms with Gasteiger partial charge in [-0.1, -0.05) is 145 Å². The summed E-state index contributed by atoms with van der Waals surface area (Å²) in [5.41, 5.74) is 11.0. The zero-order valence-corrected chi connectivity index (χ0v) is 49.4. The van der Waals surface area contributed by atoms with Crippen LogP contribution in [0.15, 0.2) is 130 Å². The number of hydrogen-bond acceptors (Lipinski definition) is 6. The second kappa shape index (κ2) is 19.7. The number of aryl methyl sites for hydroxylation is 2. The number of hydrogen-bond donors (Lipinski definition) is 0. The summed E-state index contributed by atoms with van der Waals surface area (Å²) in [7, 11) is -3.22. The second-order valence-corrected chi connectivity index (χ2v) is 32.8. The van der Waals surface area contributed by atoms with Crippen molar-refractivity contribution in [2.24, 2.45) is 0 Å². The molecule has 11 aromatic rings. The van der Waals surface area contributed by atoms with E-state index < -0.39 is 29.9 Å². The van der Waals surface area contributed by atoms with Crippen LogP contribution in [0.25, 0.3) is 94.5 Å². The SMILES string of the molecule is CC(C)(C)c1ccnc(-c2[c-]cccc2)n1.[2H]C([2H])([2H])c1c[c-]c(-c2nc3cccc(C([2H])([2H])[2H])c3n2-c2c(C(C)C)cc(-c3ccc4c(c3)[Si](C)(C)CC[Si]4(C)C)cc2C(C)C)c2oc3cc4c(cc3c12)oc1cc(C#N)ccc14.[Ir]. The third-order valence-corrected chi connectivity index (χ3v) is 22.9. The van der Waals surface area contributed by atoms with Crippen molar-refractivity contribution in [3.63, 3.8) is 0 Å². The van der Waals surface area contributed by atoms with E-state index in [0.717, 1.165) is 50.2 Å². The summed E-state index contributed by atoms with van der Waals surface area (Å²) < 4.78 is 67.5. The van der Waals surface area contributed by atoms with Gasteiger partial charge >= 0.3 is 0 Å². The normalized spacial score (nSPS) is 15.6. The van der Waals surface area contributed by atoms with Crippen LogP contribution < -0.4 is 10.4 Å². The molecule has 0 bridgehead atoms. The van der Waals surface area contributed by atoms with E-state index >= 15 is 0 Å². The van der Waals surface area contributed by atoms with E-state index in [1.807, 2.05) is 59.3 Å². The van der Waals surface area contributed by atoms with Gasteiger partial charge < -0.3 is 13.4 Å². The smallest absolute Gasteiger partial charge is 0.136 e. The van der Waals surface area contributed by atoms with E-state index in [1.165, 1.54) is 23.7 Å². The molecule has 1 aliphatic heterocycles. The molecular formula is C66H65IrN5O2Si2-2. The van der Waals surface area contributed by atoms with Crippen LogP contribution in [0.4, 0.5) is 0 Å². The summed E-state index contributed by atoms with van der Waals surface area (Å²) in [4.78, 5) is 14.1. The molecule has 0 fully saturated rings. The summed E-state index contributed by atoms with van der Waals surface area (Å²) in [5, 5.41) is 15.2. The van der Waals surface area contributed by atoms with Gasteiger partial charge in [-0.15, -0.1) is 53.6 Å². The molecule has 7 nitrogen and oxygen atoms in total. The first kappa shape index (κ1) is 45.5. The Morgan fingerprint density at radius 1 is 0.711 bits per heavy atom. The Morgan fingerprint density at radius 2 is 1.42 bits per heavy atom. The Balaban J connectivity index is 0.000000381. The molecule has 0 atom stereocenters. The van der Waals surface area contributed by atoms with Gasteiger partial charge in [0.25, 0.3) is 0 Å². The molecule has 0 aliphatic carbocycles. The molecule has 0 amide bonds. The van der Waals surface area contributed by atoms with Crippen LogP contribution in [-0.4, -0.2) is 35.7 Å². The van der Waals surface area contributed by atoms with Crippen LogP contribution in [0.5, 0.6) is 0 Å². The average Bonchev–Trinajstić information content (AvgIpc) is 1.90. The van der Waals surface area contributed by atoms with Gasteiger partial charge in [-0.25, -0.2) is 0 Å². The largest absolute Gasteiger partial charge is 0.501 e. The van der Waals surface area contributed by atoms with Gasteiger partial charge in [0.15, 0.2) is 0 Å². The number of fused-ring (bicyclic) bond motifs is 8. The third kappa shape index (κ3) is 9.19. The van der Waals surface area contributed by atoms with Crippen LogP contribution in [0, 0.1) is 37.2 Å². The molecule has 76 heavy (non-hydrogen) atoms. The van der Waals surface area contributed by atoms with Crippen molar-refractivity contribution in [2.75, 3.05) is 0 Å².